The zero-order chi connectivity index (χ0) is 14.7. The van der Waals surface area contributed by atoms with E-state index in [0.717, 1.165) is 31.9 Å². The lowest BCUT2D eigenvalue weighted by Crippen LogP contribution is -2.65. The summed E-state index contributed by atoms with van der Waals surface area (Å²) in [5.41, 5.74) is 0.447. The van der Waals surface area contributed by atoms with Crippen LogP contribution in [0.1, 0.15) is 71.1 Å². The Morgan fingerprint density at radius 2 is 1.81 bits per heavy atom. The van der Waals surface area contributed by atoms with E-state index in [1.165, 1.54) is 51.4 Å². The van der Waals surface area contributed by atoms with Crippen molar-refractivity contribution in [3.8, 4) is 0 Å². The summed E-state index contributed by atoms with van der Waals surface area (Å²) < 4.78 is 6.03. The monoisotopic (exact) mass is 295 g/mol. The molecule has 0 saturated heterocycles. The van der Waals surface area contributed by atoms with Crippen LogP contribution in [0.4, 0.5) is 0 Å². The third-order valence-electron chi connectivity index (χ3n) is 6.41. The van der Waals surface area contributed by atoms with Gasteiger partial charge in [-0.1, -0.05) is 19.3 Å². The second-order valence-electron chi connectivity index (χ2n) is 7.61. The quantitative estimate of drug-likeness (QED) is 0.818. The number of hydrogen-bond donors (Lipinski definition) is 2. The van der Waals surface area contributed by atoms with Gasteiger partial charge in [-0.25, -0.2) is 0 Å². The summed E-state index contributed by atoms with van der Waals surface area (Å²) in [6.07, 6.45) is 13.0. The first-order valence-electron chi connectivity index (χ1n) is 9.27. The number of aliphatic hydroxyl groups is 1. The second-order valence-corrected chi connectivity index (χ2v) is 7.61. The fraction of sp³-hybridized carbons (Fsp3) is 1.00. The maximum atomic E-state index is 9.62. The van der Waals surface area contributed by atoms with Gasteiger partial charge in [-0.2, -0.15) is 0 Å². The van der Waals surface area contributed by atoms with Gasteiger partial charge in [0.2, 0.25) is 0 Å². The van der Waals surface area contributed by atoms with Crippen molar-refractivity contribution < 1.29 is 9.84 Å². The Balaban J connectivity index is 1.50. The molecule has 2 N–H and O–H groups in total. The SMILES string of the molecule is CCOC1CC(NCC2CCC(O)CC2)C12CCCCC2. The third kappa shape index (κ3) is 3.30. The average molecular weight is 295 g/mol. The summed E-state index contributed by atoms with van der Waals surface area (Å²) in [6.45, 7) is 4.14. The lowest BCUT2D eigenvalue weighted by atomic mass is 9.55. The molecule has 21 heavy (non-hydrogen) atoms. The molecule has 0 radical (unpaired) electrons. The highest BCUT2D eigenvalue weighted by Gasteiger charge is 2.55. The topological polar surface area (TPSA) is 41.5 Å². The molecule has 3 rings (SSSR count). The lowest BCUT2D eigenvalue weighted by Gasteiger charge is -2.58. The van der Waals surface area contributed by atoms with Gasteiger partial charge in [0.05, 0.1) is 12.2 Å². The van der Waals surface area contributed by atoms with Gasteiger partial charge in [-0.15, -0.1) is 0 Å². The Morgan fingerprint density at radius 1 is 1.10 bits per heavy atom. The molecule has 0 aromatic heterocycles. The van der Waals surface area contributed by atoms with Crippen molar-refractivity contribution in [1.82, 2.24) is 5.32 Å². The number of rotatable bonds is 5. The minimum absolute atomic E-state index is 0.0306. The third-order valence-corrected chi connectivity index (χ3v) is 6.41. The van der Waals surface area contributed by atoms with E-state index >= 15 is 0 Å². The molecule has 1 spiro atoms. The van der Waals surface area contributed by atoms with Gasteiger partial charge in [-0.05, 0) is 64.3 Å². The number of ether oxygens (including phenoxy) is 1. The maximum Gasteiger partial charge on any atom is 0.0661 e. The Kier molecular flexibility index (Phi) is 5.23. The second kappa shape index (κ2) is 6.97. The Hall–Kier alpha value is -0.120. The Bertz CT molecular complexity index is 319. The van der Waals surface area contributed by atoms with Gasteiger partial charge < -0.3 is 15.2 Å². The Morgan fingerprint density at radius 3 is 2.48 bits per heavy atom. The van der Waals surface area contributed by atoms with E-state index in [1.807, 2.05) is 0 Å². The zero-order valence-electron chi connectivity index (χ0n) is 13.7. The van der Waals surface area contributed by atoms with Crippen LogP contribution in [0.2, 0.25) is 0 Å². The van der Waals surface area contributed by atoms with E-state index < -0.39 is 0 Å². The van der Waals surface area contributed by atoms with Crippen molar-refractivity contribution in [2.75, 3.05) is 13.2 Å². The Labute approximate surface area is 129 Å². The molecule has 0 aromatic rings. The molecule has 0 aromatic carbocycles. The van der Waals surface area contributed by atoms with Crippen LogP contribution in [-0.4, -0.2) is 36.5 Å². The van der Waals surface area contributed by atoms with Crippen LogP contribution >= 0.6 is 0 Å². The predicted molar refractivity (Wildman–Crippen MR) is 85.3 cm³/mol. The van der Waals surface area contributed by atoms with Crippen molar-refractivity contribution in [2.24, 2.45) is 11.3 Å². The summed E-state index contributed by atoms with van der Waals surface area (Å²) in [4.78, 5) is 0. The van der Waals surface area contributed by atoms with Crippen LogP contribution in [0.15, 0.2) is 0 Å². The standard InChI is InChI=1S/C18H33NO2/c1-2-21-17-12-16(18(17)10-4-3-5-11-18)19-13-14-6-8-15(20)9-7-14/h14-17,19-20H,2-13H2,1H3. The maximum absolute atomic E-state index is 9.62. The average Bonchev–Trinajstić information content (AvgIpc) is 2.52. The number of hydrogen-bond acceptors (Lipinski definition) is 3. The highest BCUT2D eigenvalue weighted by Crippen LogP contribution is 2.53. The van der Waals surface area contributed by atoms with E-state index in [0.29, 0.717) is 17.6 Å². The predicted octanol–water partition coefficient (Wildman–Crippen LogP) is 3.26. The lowest BCUT2D eigenvalue weighted by molar-refractivity contribution is -0.150. The van der Waals surface area contributed by atoms with E-state index in [-0.39, 0.29) is 6.10 Å². The van der Waals surface area contributed by atoms with Crippen molar-refractivity contribution in [3.05, 3.63) is 0 Å². The highest BCUT2D eigenvalue weighted by atomic mass is 16.5. The molecule has 3 fully saturated rings. The van der Waals surface area contributed by atoms with Gasteiger partial charge in [-0.3, -0.25) is 0 Å². The molecule has 0 amide bonds. The molecule has 122 valence electrons. The normalized spacial score (nSPS) is 39.1. The van der Waals surface area contributed by atoms with Crippen LogP contribution in [0.25, 0.3) is 0 Å². The first-order chi connectivity index (χ1) is 10.2. The molecule has 3 aliphatic rings. The van der Waals surface area contributed by atoms with Crippen LogP contribution in [0.3, 0.4) is 0 Å². The molecule has 3 saturated carbocycles. The molecule has 3 nitrogen and oxygen atoms in total. The molecule has 3 aliphatic carbocycles. The molecule has 0 aliphatic heterocycles. The van der Waals surface area contributed by atoms with Gasteiger partial charge >= 0.3 is 0 Å². The molecule has 2 atom stereocenters. The van der Waals surface area contributed by atoms with Crippen LogP contribution in [-0.2, 0) is 4.74 Å². The fourth-order valence-electron chi connectivity index (χ4n) is 5.01. The molecule has 2 unspecified atom stereocenters. The van der Waals surface area contributed by atoms with Crippen molar-refractivity contribution >= 4 is 0 Å². The molecule has 0 heterocycles. The molecule has 0 bridgehead atoms. The van der Waals surface area contributed by atoms with Crippen LogP contribution < -0.4 is 5.32 Å². The van der Waals surface area contributed by atoms with Crippen LogP contribution in [0, 0.1) is 11.3 Å². The van der Waals surface area contributed by atoms with Crippen molar-refractivity contribution in [1.29, 1.82) is 0 Å². The molecular weight excluding hydrogens is 262 g/mol. The zero-order valence-corrected chi connectivity index (χ0v) is 13.7. The van der Waals surface area contributed by atoms with E-state index in [9.17, 15) is 5.11 Å². The first kappa shape index (κ1) is 15.8. The summed E-state index contributed by atoms with van der Waals surface area (Å²) >= 11 is 0. The smallest absolute Gasteiger partial charge is 0.0661 e. The highest BCUT2D eigenvalue weighted by molar-refractivity contribution is 5.09. The summed E-state index contributed by atoms with van der Waals surface area (Å²) in [7, 11) is 0. The molecule has 3 heteroatoms. The summed E-state index contributed by atoms with van der Waals surface area (Å²) in [6, 6.07) is 0.682. The van der Waals surface area contributed by atoms with Crippen molar-refractivity contribution in [3.63, 3.8) is 0 Å². The van der Waals surface area contributed by atoms with Gasteiger partial charge in [0.15, 0.2) is 0 Å². The largest absolute Gasteiger partial charge is 0.393 e. The minimum Gasteiger partial charge on any atom is -0.393 e. The fourth-order valence-corrected chi connectivity index (χ4v) is 5.01. The summed E-state index contributed by atoms with van der Waals surface area (Å²) in [5, 5.41) is 13.5. The van der Waals surface area contributed by atoms with E-state index in [1.54, 1.807) is 0 Å². The number of aliphatic hydroxyl groups excluding tert-OH is 1. The summed E-state index contributed by atoms with van der Waals surface area (Å²) in [5.74, 6) is 0.778. The van der Waals surface area contributed by atoms with Gasteiger partial charge in [0.1, 0.15) is 0 Å². The van der Waals surface area contributed by atoms with Gasteiger partial charge in [0.25, 0.3) is 0 Å². The first-order valence-corrected chi connectivity index (χ1v) is 9.27. The van der Waals surface area contributed by atoms with Crippen LogP contribution in [0.5, 0.6) is 0 Å². The van der Waals surface area contributed by atoms with E-state index in [4.69, 9.17) is 4.74 Å². The number of nitrogens with one attached hydrogen (secondary N) is 1. The van der Waals surface area contributed by atoms with Gasteiger partial charge in [0, 0.05) is 18.1 Å². The van der Waals surface area contributed by atoms with Crippen molar-refractivity contribution in [2.45, 2.75) is 89.4 Å². The minimum atomic E-state index is -0.0306. The van der Waals surface area contributed by atoms with E-state index in [2.05, 4.69) is 12.2 Å². The molecular formula is C18H33NO2.